The molecule has 3 aromatic carbocycles. The standard InChI is InChI=1S/C23H25NO2/c1-18-7-9-20(10-8-18)17-26-22-13-11-19(12-14-22)15-24-16-21-5-3-4-6-23(21)25-2/h3-14,24H,15-17H2,1-2H3. The van der Waals surface area contributed by atoms with Crippen LogP contribution in [0.3, 0.4) is 0 Å². The van der Waals surface area contributed by atoms with Gasteiger partial charge >= 0.3 is 0 Å². The number of methoxy groups -OCH3 is 1. The van der Waals surface area contributed by atoms with Gasteiger partial charge in [-0.15, -0.1) is 0 Å². The van der Waals surface area contributed by atoms with Crippen molar-refractivity contribution in [3.63, 3.8) is 0 Å². The lowest BCUT2D eigenvalue weighted by Crippen LogP contribution is -2.13. The number of rotatable bonds is 8. The van der Waals surface area contributed by atoms with Crippen LogP contribution in [0.15, 0.2) is 72.8 Å². The molecule has 0 aliphatic heterocycles. The molecule has 26 heavy (non-hydrogen) atoms. The topological polar surface area (TPSA) is 30.5 Å². The molecule has 0 aliphatic carbocycles. The summed E-state index contributed by atoms with van der Waals surface area (Å²) in [5.74, 6) is 1.80. The Morgan fingerprint density at radius 1 is 0.769 bits per heavy atom. The second-order valence-corrected chi connectivity index (χ2v) is 6.33. The van der Waals surface area contributed by atoms with E-state index >= 15 is 0 Å². The summed E-state index contributed by atoms with van der Waals surface area (Å²) in [6.45, 7) is 4.25. The zero-order valence-electron chi connectivity index (χ0n) is 15.4. The molecule has 3 heteroatoms. The highest BCUT2D eigenvalue weighted by Gasteiger charge is 2.02. The van der Waals surface area contributed by atoms with Gasteiger partial charge in [0.15, 0.2) is 0 Å². The van der Waals surface area contributed by atoms with Crippen molar-refractivity contribution in [2.24, 2.45) is 0 Å². The molecule has 0 fully saturated rings. The summed E-state index contributed by atoms with van der Waals surface area (Å²) in [6.07, 6.45) is 0. The molecule has 3 aromatic rings. The molecule has 0 spiro atoms. The molecule has 3 nitrogen and oxygen atoms in total. The lowest BCUT2D eigenvalue weighted by molar-refractivity contribution is 0.306. The predicted octanol–water partition coefficient (Wildman–Crippen LogP) is 4.87. The van der Waals surface area contributed by atoms with Crippen LogP contribution in [0.5, 0.6) is 11.5 Å². The first-order valence-corrected chi connectivity index (χ1v) is 8.84. The van der Waals surface area contributed by atoms with Crippen molar-refractivity contribution in [2.75, 3.05) is 7.11 Å². The maximum atomic E-state index is 5.85. The first kappa shape index (κ1) is 18.0. The molecule has 0 aromatic heterocycles. The van der Waals surface area contributed by atoms with Gasteiger partial charge in [0.1, 0.15) is 18.1 Å². The molecule has 0 unspecified atom stereocenters. The van der Waals surface area contributed by atoms with Crippen LogP contribution < -0.4 is 14.8 Å². The van der Waals surface area contributed by atoms with Crippen molar-refractivity contribution in [1.82, 2.24) is 5.32 Å². The molecule has 3 rings (SSSR count). The molecule has 0 atom stereocenters. The fourth-order valence-corrected chi connectivity index (χ4v) is 2.75. The quantitative estimate of drug-likeness (QED) is 0.630. The lowest BCUT2D eigenvalue weighted by Gasteiger charge is -2.10. The zero-order chi connectivity index (χ0) is 18.2. The molecular formula is C23H25NO2. The van der Waals surface area contributed by atoms with Crippen molar-refractivity contribution in [2.45, 2.75) is 26.6 Å². The highest BCUT2D eigenvalue weighted by molar-refractivity contribution is 5.33. The lowest BCUT2D eigenvalue weighted by atomic mass is 10.1. The van der Waals surface area contributed by atoms with E-state index in [1.165, 1.54) is 16.7 Å². The fourth-order valence-electron chi connectivity index (χ4n) is 2.75. The Bertz CT molecular complexity index is 810. The molecule has 0 amide bonds. The molecule has 1 N–H and O–H groups in total. The number of hydrogen-bond donors (Lipinski definition) is 1. The van der Waals surface area contributed by atoms with Gasteiger partial charge in [-0.2, -0.15) is 0 Å². The van der Waals surface area contributed by atoms with Gasteiger partial charge in [0.2, 0.25) is 0 Å². The van der Waals surface area contributed by atoms with E-state index in [1.807, 2.05) is 30.3 Å². The minimum absolute atomic E-state index is 0.589. The number of ether oxygens (including phenoxy) is 2. The highest BCUT2D eigenvalue weighted by Crippen LogP contribution is 2.18. The second kappa shape index (κ2) is 9.07. The van der Waals surface area contributed by atoms with Crippen molar-refractivity contribution >= 4 is 0 Å². The van der Waals surface area contributed by atoms with E-state index in [-0.39, 0.29) is 0 Å². The van der Waals surface area contributed by atoms with Crippen LogP contribution in [0.25, 0.3) is 0 Å². The zero-order valence-corrected chi connectivity index (χ0v) is 15.4. The van der Waals surface area contributed by atoms with Crippen molar-refractivity contribution in [1.29, 1.82) is 0 Å². The van der Waals surface area contributed by atoms with Crippen LogP contribution in [0.1, 0.15) is 22.3 Å². The summed E-state index contributed by atoms with van der Waals surface area (Å²) in [5.41, 5.74) is 4.83. The Morgan fingerprint density at radius 3 is 2.19 bits per heavy atom. The van der Waals surface area contributed by atoms with E-state index in [0.717, 1.165) is 30.2 Å². The predicted molar refractivity (Wildman–Crippen MR) is 105 cm³/mol. The summed E-state index contributed by atoms with van der Waals surface area (Å²) in [7, 11) is 1.70. The van der Waals surface area contributed by atoms with Crippen LogP contribution in [0.4, 0.5) is 0 Å². The normalized spacial score (nSPS) is 10.5. The SMILES string of the molecule is COc1ccccc1CNCc1ccc(OCc2ccc(C)cc2)cc1. The van der Waals surface area contributed by atoms with E-state index in [2.05, 4.69) is 54.7 Å². The number of aryl methyl sites for hydroxylation is 1. The average Bonchev–Trinajstić information content (AvgIpc) is 2.69. The van der Waals surface area contributed by atoms with Crippen molar-refractivity contribution in [3.05, 3.63) is 95.1 Å². The van der Waals surface area contributed by atoms with Crippen LogP contribution >= 0.6 is 0 Å². The number of para-hydroxylation sites is 1. The van der Waals surface area contributed by atoms with Gasteiger partial charge in [-0.25, -0.2) is 0 Å². The van der Waals surface area contributed by atoms with Crippen LogP contribution in [0, 0.1) is 6.92 Å². The van der Waals surface area contributed by atoms with Gasteiger partial charge in [0.25, 0.3) is 0 Å². The largest absolute Gasteiger partial charge is 0.496 e. The Hall–Kier alpha value is -2.78. The van der Waals surface area contributed by atoms with E-state index in [4.69, 9.17) is 9.47 Å². The Morgan fingerprint density at radius 2 is 1.46 bits per heavy atom. The van der Waals surface area contributed by atoms with E-state index in [9.17, 15) is 0 Å². The van der Waals surface area contributed by atoms with Crippen molar-refractivity contribution < 1.29 is 9.47 Å². The number of hydrogen-bond acceptors (Lipinski definition) is 3. The molecule has 0 bridgehead atoms. The van der Waals surface area contributed by atoms with Gasteiger partial charge in [-0.3, -0.25) is 0 Å². The smallest absolute Gasteiger partial charge is 0.123 e. The molecule has 0 radical (unpaired) electrons. The monoisotopic (exact) mass is 347 g/mol. The number of benzene rings is 3. The van der Waals surface area contributed by atoms with Crippen molar-refractivity contribution in [3.8, 4) is 11.5 Å². The molecule has 0 aliphatic rings. The van der Waals surface area contributed by atoms with Gasteiger partial charge in [0, 0.05) is 18.7 Å². The van der Waals surface area contributed by atoms with Gasteiger partial charge in [-0.1, -0.05) is 60.2 Å². The minimum atomic E-state index is 0.589. The number of nitrogens with one attached hydrogen (secondary N) is 1. The fraction of sp³-hybridized carbons (Fsp3) is 0.217. The van der Waals surface area contributed by atoms with Gasteiger partial charge in [-0.05, 0) is 36.2 Å². The summed E-state index contributed by atoms with van der Waals surface area (Å²) in [6, 6.07) is 24.7. The Kier molecular flexibility index (Phi) is 6.29. The van der Waals surface area contributed by atoms with Crippen LogP contribution in [-0.4, -0.2) is 7.11 Å². The first-order valence-electron chi connectivity index (χ1n) is 8.84. The first-order chi connectivity index (χ1) is 12.7. The minimum Gasteiger partial charge on any atom is -0.496 e. The summed E-state index contributed by atoms with van der Waals surface area (Å²) < 4.78 is 11.2. The highest BCUT2D eigenvalue weighted by atomic mass is 16.5. The third-order valence-electron chi connectivity index (χ3n) is 4.29. The molecule has 0 saturated carbocycles. The molecule has 0 heterocycles. The summed E-state index contributed by atoms with van der Waals surface area (Å²) in [4.78, 5) is 0. The van der Waals surface area contributed by atoms with E-state index in [0.29, 0.717) is 6.61 Å². The Labute approximate surface area is 155 Å². The van der Waals surface area contributed by atoms with Gasteiger partial charge in [0.05, 0.1) is 7.11 Å². The van der Waals surface area contributed by atoms with Crippen LogP contribution in [0.2, 0.25) is 0 Å². The third kappa shape index (κ3) is 5.11. The summed E-state index contributed by atoms with van der Waals surface area (Å²) in [5, 5.41) is 3.45. The van der Waals surface area contributed by atoms with Crippen LogP contribution in [-0.2, 0) is 19.7 Å². The Balaban J connectivity index is 1.47. The maximum Gasteiger partial charge on any atom is 0.123 e. The van der Waals surface area contributed by atoms with E-state index < -0.39 is 0 Å². The summed E-state index contributed by atoms with van der Waals surface area (Å²) >= 11 is 0. The average molecular weight is 347 g/mol. The molecular weight excluding hydrogens is 322 g/mol. The van der Waals surface area contributed by atoms with E-state index in [1.54, 1.807) is 7.11 Å². The molecule has 0 saturated heterocycles. The third-order valence-corrected chi connectivity index (χ3v) is 4.29. The molecule has 134 valence electrons. The second-order valence-electron chi connectivity index (χ2n) is 6.33. The maximum absolute atomic E-state index is 5.85. The van der Waals surface area contributed by atoms with Gasteiger partial charge < -0.3 is 14.8 Å².